The van der Waals surface area contributed by atoms with Gasteiger partial charge in [-0.1, -0.05) is 79.4 Å². The minimum Gasteiger partial charge on any atom is -0.461 e. The molecule has 0 aliphatic heterocycles. The standard InChI is InChI=1S/C32H53ClO2/c1-20(2)9-8-10-22(5)26-13-14-27-25-12-11-23-19-24(35-30(34)29(33)21(3)4)15-17-31(23,6)28(25)16-18-32(26,27)7/h11,20-22,24-29H,8-10,12-19H2,1-7H3. The maximum Gasteiger partial charge on any atom is 0.324 e. The topological polar surface area (TPSA) is 26.3 Å². The van der Waals surface area contributed by atoms with Crippen LogP contribution in [0, 0.1) is 52.3 Å². The van der Waals surface area contributed by atoms with Gasteiger partial charge in [0.1, 0.15) is 11.5 Å². The molecule has 0 aromatic rings. The summed E-state index contributed by atoms with van der Waals surface area (Å²) in [6, 6.07) is 0. The molecule has 0 aromatic heterocycles. The van der Waals surface area contributed by atoms with Gasteiger partial charge in [0.05, 0.1) is 0 Å². The lowest BCUT2D eigenvalue weighted by Gasteiger charge is -2.58. The highest BCUT2D eigenvalue weighted by atomic mass is 35.5. The van der Waals surface area contributed by atoms with Gasteiger partial charge in [0.2, 0.25) is 0 Å². The number of carbonyl (C=O) groups excluding carboxylic acids is 1. The molecular formula is C32H53ClO2. The molecule has 0 amide bonds. The van der Waals surface area contributed by atoms with E-state index in [-0.39, 0.29) is 18.0 Å². The summed E-state index contributed by atoms with van der Waals surface area (Å²) >= 11 is 6.29. The predicted octanol–water partition coefficient (Wildman–Crippen LogP) is 9.20. The molecule has 3 saturated carbocycles. The molecule has 0 spiro atoms. The van der Waals surface area contributed by atoms with Crippen LogP contribution in [-0.4, -0.2) is 17.5 Å². The van der Waals surface area contributed by atoms with Crippen molar-refractivity contribution in [1.82, 2.24) is 0 Å². The van der Waals surface area contributed by atoms with E-state index in [2.05, 4.69) is 40.7 Å². The summed E-state index contributed by atoms with van der Waals surface area (Å²) in [5, 5.41) is -0.535. The fourth-order valence-corrected chi connectivity index (χ4v) is 9.31. The molecule has 0 N–H and O–H groups in total. The summed E-state index contributed by atoms with van der Waals surface area (Å²) in [5.74, 6) is 5.05. The number of hydrogen-bond donors (Lipinski definition) is 0. The molecule has 0 aromatic carbocycles. The highest BCUT2D eigenvalue weighted by Crippen LogP contribution is 2.67. The fraction of sp³-hybridized carbons (Fsp3) is 0.906. The minimum atomic E-state index is -0.535. The van der Waals surface area contributed by atoms with Crippen molar-refractivity contribution in [3.05, 3.63) is 11.6 Å². The van der Waals surface area contributed by atoms with E-state index >= 15 is 0 Å². The van der Waals surface area contributed by atoms with Crippen LogP contribution >= 0.6 is 11.6 Å². The van der Waals surface area contributed by atoms with Gasteiger partial charge in [-0.05, 0) is 97.2 Å². The predicted molar refractivity (Wildman–Crippen MR) is 147 cm³/mol. The fourth-order valence-electron chi connectivity index (χ4n) is 9.25. The summed E-state index contributed by atoms with van der Waals surface area (Å²) < 4.78 is 5.91. The maximum atomic E-state index is 12.5. The molecule has 3 heteroatoms. The molecule has 35 heavy (non-hydrogen) atoms. The number of rotatable bonds is 8. The smallest absolute Gasteiger partial charge is 0.324 e. The third-order valence-electron chi connectivity index (χ3n) is 11.4. The number of allylic oxidation sites excluding steroid dienone is 1. The van der Waals surface area contributed by atoms with Crippen molar-refractivity contribution in [3.8, 4) is 0 Å². The molecule has 3 fully saturated rings. The van der Waals surface area contributed by atoms with Crippen LogP contribution in [0.1, 0.15) is 119 Å². The van der Waals surface area contributed by atoms with Crippen molar-refractivity contribution in [2.24, 2.45) is 52.3 Å². The quantitative estimate of drug-likeness (QED) is 0.187. The molecule has 9 atom stereocenters. The Morgan fingerprint density at radius 3 is 2.46 bits per heavy atom. The first-order valence-corrected chi connectivity index (χ1v) is 15.4. The van der Waals surface area contributed by atoms with Crippen LogP contribution in [0.3, 0.4) is 0 Å². The van der Waals surface area contributed by atoms with Gasteiger partial charge in [0.25, 0.3) is 0 Å². The second-order valence-corrected chi connectivity index (χ2v) is 14.7. The van der Waals surface area contributed by atoms with E-state index in [0.29, 0.717) is 10.8 Å². The lowest BCUT2D eigenvalue weighted by atomic mass is 9.47. The molecule has 0 heterocycles. The van der Waals surface area contributed by atoms with E-state index in [1.165, 1.54) is 51.4 Å². The number of alkyl halides is 1. The third kappa shape index (κ3) is 5.26. The van der Waals surface area contributed by atoms with Crippen molar-refractivity contribution in [3.63, 3.8) is 0 Å². The van der Waals surface area contributed by atoms with Crippen LogP contribution in [0.5, 0.6) is 0 Å². The van der Waals surface area contributed by atoms with Crippen LogP contribution in [0.2, 0.25) is 0 Å². The second-order valence-electron chi connectivity index (χ2n) is 14.2. The highest BCUT2D eigenvalue weighted by Gasteiger charge is 2.59. The van der Waals surface area contributed by atoms with Gasteiger partial charge in [-0.2, -0.15) is 0 Å². The molecule has 0 saturated heterocycles. The van der Waals surface area contributed by atoms with E-state index in [1.807, 2.05) is 13.8 Å². The van der Waals surface area contributed by atoms with E-state index in [0.717, 1.165) is 54.8 Å². The van der Waals surface area contributed by atoms with Gasteiger partial charge >= 0.3 is 5.97 Å². The van der Waals surface area contributed by atoms with E-state index < -0.39 is 5.38 Å². The highest BCUT2D eigenvalue weighted by molar-refractivity contribution is 6.30. The summed E-state index contributed by atoms with van der Waals surface area (Å²) in [6.45, 7) is 16.5. The van der Waals surface area contributed by atoms with Gasteiger partial charge in [-0.15, -0.1) is 11.6 Å². The van der Waals surface area contributed by atoms with Gasteiger partial charge in [-0.25, -0.2) is 0 Å². The van der Waals surface area contributed by atoms with E-state index in [4.69, 9.17) is 16.3 Å². The van der Waals surface area contributed by atoms with Crippen LogP contribution in [0.25, 0.3) is 0 Å². The molecule has 4 aliphatic carbocycles. The van der Waals surface area contributed by atoms with Gasteiger partial charge < -0.3 is 4.74 Å². The first-order valence-electron chi connectivity index (χ1n) is 15.0. The average Bonchev–Trinajstić information content (AvgIpc) is 3.15. The van der Waals surface area contributed by atoms with E-state index in [1.54, 1.807) is 5.57 Å². The monoisotopic (exact) mass is 504 g/mol. The van der Waals surface area contributed by atoms with Crippen molar-refractivity contribution in [2.45, 2.75) is 131 Å². The van der Waals surface area contributed by atoms with Crippen LogP contribution in [0.15, 0.2) is 11.6 Å². The number of esters is 1. The van der Waals surface area contributed by atoms with E-state index in [9.17, 15) is 4.79 Å². The Hall–Kier alpha value is -0.500. The van der Waals surface area contributed by atoms with Crippen molar-refractivity contribution in [2.75, 3.05) is 0 Å². The average molecular weight is 505 g/mol. The van der Waals surface area contributed by atoms with Crippen LogP contribution < -0.4 is 0 Å². The van der Waals surface area contributed by atoms with Crippen molar-refractivity contribution in [1.29, 1.82) is 0 Å². The van der Waals surface area contributed by atoms with Crippen molar-refractivity contribution < 1.29 is 9.53 Å². The van der Waals surface area contributed by atoms with Crippen molar-refractivity contribution >= 4 is 17.6 Å². The summed E-state index contributed by atoms with van der Waals surface area (Å²) in [7, 11) is 0. The Kier molecular flexibility index (Phi) is 8.42. The Labute approximate surface area is 221 Å². The molecule has 4 aliphatic rings. The number of carbonyl (C=O) groups is 1. The molecular weight excluding hydrogens is 452 g/mol. The Balaban J connectivity index is 1.43. The molecule has 2 nitrogen and oxygen atoms in total. The lowest BCUT2D eigenvalue weighted by molar-refractivity contribution is -0.151. The molecule has 200 valence electrons. The molecule has 4 rings (SSSR count). The van der Waals surface area contributed by atoms with Crippen LogP contribution in [0.4, 0.5) is 0 Å². The summed E-state index contributed by atoms with van der Waals surface area (Å²) in [4.78, 5) is 12.5. The van der Waals surface area contributed by atoms with Crippen LogP contribution in [-0.2, 0) is 9.53 Å². The van der Waals surface area contributed by atoms with Gasteiger partial charge in [0.15, 0.2) is 0 Å². The Morgan fingerprint density at radius 2 is 1.77 bits per heavy atom. The summed E-state index contributed by atoms with van der Waals surface area (Å²) in [6.07, 6.45) is 16.8. The third-order valence-corrected chi connectivity index (χ3v) is 12.0. The number of ether oxygens (including phenoxy) is 1. The minimum absolute atomic E-state index is 0.00906. The first-order chi connectivity index (χ1) is 16.5. The Bertz CT molecular complexity index is 786. The normalized spacial score (nSPS) is 40.5. The number of halogens is 1. The van der Waals surface area contributed by atoms with Gasteiger partial charge in [-0.3, -0.25) is 4.79 Å². The molecule has 9 unspecified atom stereocenters. The summed E-state index contributed by atoms with van der Waals surface area (Å²) in [5.41, 5.74) is 2.42. The van der Waals surface area contributed by atoms with Gasteiger partial charge in [0, 0.05) is 6.42 Å². The number of fused-ring (bicyclic) bond motifs is 5. The second kappa shape index (κ2) is 10.7. The largest absolute Gasteiger partial charge is 0.461 e. The lowest BCUT2D eigenvalue weighted by Crippen LogP contribution is -2.51. The zero-order chi connectivity index (χ0) is 25.5. The zero-order valence-electron chi connectivity index (χ0n) is 23.7. The SMILES string of the molecule is CC(C)CCCC(C)C1CCC2C3CC=C4CC(OC(=O)C(Cl)C(C)C)CCC4(C)C3CCC12C. The maximum absolute atomic E-state index is 12.5. The molecule has 0 radical (unpaired) electrons. The zero-order valence-corrected chi connectivity index (χ0v) is 24.5. The molecule has 0 bridgehead atoms. The Morgan fingerprint density at radius 1 is 1.03 bits per heavy atom. The first kappa shape index (κ1) is 27.5. The number of hydrogen-bond acceptors (Lipinski definition) is 2.